The molecule has 4 unspecified atom stereocenters. The lowest BCUT2D eigenvalue weighted by molar-refractivity contribution is -0.138. The molecule has 3 rings (SSSR count). The number of anilines is 1. The Hall–Kier alpha value is -4.33. The number of ketones is 1. The topological polar surface area (TPSA) is 199 Å². The van der Waals surface area contributed by atoms with Gasteiger partial charge in [-0.2, -0.15) is 0 Å². The Morgan fingerprint density at radius 1 is 1.17 bits per heavy atom. The number of nitrogens with two attached hydrogens (primary N) is 1. The number of carbonyl (C=O) groups is 5. The molecule has 2 heterocycles. The third-order valence-electron chi connectivity index (χ3n) is 8.32. The predicted octanol–water partition coefficient (Wildman–Crippen LogP) is 1.24. The van der Waals surface area contributed by atoms with Crippen LogP contribution in [0.2, 0.25) is 0 Å². The predicted molar refractivity (Wildman–Crippen MR) is 173 cm³/mol. The lowest BCUT2D eigenvalue weighted by Crippen LogP contribution is -2.58. The molecular formula is C32H48N8O6. The zero-order chi connectivity index (χ0) is 33.9. The summed E-state index contributed by atoms with van der Waals surface area (Å²) in [7, 11) is 1.68. The van der Waals surface area contributed by atoms with Gasteiger partial charge in [-0.15, -0.1) is 0 Å². The molecule has 0 aromatic carbocycles. The number of nitrogens with zero attached hydrogens (tertiary/aromatic N) is 3. The van der Waals surface area contributed by atoms with Crippen molar-refractivity contribution in [3.05, 3.63) is 46.9 Å². The minimum atomic E-state index is -1.28. The van der Waals surface area contributed by atoms with Crippen LogP contribution >= 0.6 is 0 Å². The van der Waals surface area contributed by atoms with Crippen LogP contribution in [-0.4, -0.2) is 68.2 Å². The lowest BCUT2D eigenvalue weighted by atomic mass is 9.69. The Morgan fingerprint density at radius 2 is 1.93 bits per heavy atom. The molecule has 0 bridgehead atoms. The molecule has 1 aliphatic rings. The minimum absolute atomic E-state index is 0.0442. The van der Waals surface area contributed by atoms with Gasteiger partial charge in [0, 0.05) is 39.0 Å². The van der Waals surface area contributed by atoms with E-state index in [9.17, 15) is 28.8 Å². The molecule has 14 heteroatoms. The van der Waals surface area contributed by atoms with Crippen LogP contribution in [0.3, 0.4) is 0 Å². The zero-order valence-corrected chi connectivity index (χ0v) is 27.3. The smallest absolute Gasteiger partial charge is 0.287 e. The number of likely N-dealkylation sites (N-methyl/N-ethyl adjacent to an activating group) is 1. The molecule has 1 aliphatic carbocycles. The standard InChI is InChI=1S/C32H48N8O6/c1-5-7-9-22-14-21(3)15-32(16-22,19-33)38-27(42)18-40-13-8-10-24(31(40)46)37-28(43)23(11-12-26(41)30(45)34-6-2)36-29(44)25-17-39(4)20-35-25/h8,10,13,17,20-23H,5-7,9,11-12,14-16,18-19,33H2,1-4H3,(H,34,45)(H,36,44)(H,37,43)(H,38,42). The van der Waals surface area contributed by atoms with E-state index in [0.29, 0.717) is 18.4 Å². The van der Waals surface area contributed by atoms with Crippen molar-refractivity contribution in [1.29, 1.82) is 0 Å². The zero-order valence-electron chi connectivity index (χ0n) is 27.3. The molecule has 14 nitrogen and oxygen atoms in total. The van der Waals surface area contributed by atoms with Gasteiger partial charge in [0.05, 0.1) is 11.9 Å². The van der Waals surface area contributed by atoms with Gasteiger partial charge in [-0.25, -0.2) is 4.98 Å². The van der Waals surface area contributed by atoms with E-state index in [0.717, 1.165) is 38.5 Å². The van der Waals surface area contributed by atoms with Crippen molar-refractivity contribution in [2.75, 3.05) is 18.4 Å². The molecule has 2 aromatic heterocycles. The van der Waals surface area contributed by atoms with E-state index in [1.54, 1.807) is 18.5 Å². The van der Waals surface area contributed by atoms with Gasteiger partial charge < -0.3 is 36.1 Å². The van der Waals surface area contributed by atoms with Crippen LogP contribution in [0.5, 0.6) is 0 Å². The maximum absolute atomic E-state index is 13.4. The molecule has 252 valence electrons. The number of rotatable bonds is 16. The van der Waals surface area contributed by atoms with Crippen molar-refractivity contribution in [2.45, 2.75) is 90.3 Å². The van der Waals surface area contributed by atoms with E-state index in [1.165, 1.54) is 35.4 Å². The van der Waals surface area contributed by atoms with Crippen LogP contribution in [0.4, 0.5) is 5.69 Å². The molecule has 0 radical (unpaired) electrons. The third-order valence-corrected chi connectivity index (χ3v) is 8.32. The van der Waals surface area contributed by atoms with Crippen LogP contribution in [0.15, 0.2) is 35.6 Å². The molecule has 2 aromatic rings. The molecular weight excluding hydrogens is 592 g/mol. The van der Waals surface area contributed by atoms with Gasteiger partial charge in [0.1, 0.15) is 24.0 Å². The van der Waals surface area contributed by atoms with Crippen molar-refractivity contribution in [3.8, 4) is 0 Å². The summed E-state index contributed by atoms with van der Waals surface area (Å²) in [6, 6.07) is 1.63. The summed E-state index contributed by atoms with van der Waals surface area (Å²) in [5.41, 5.74) is 4.96. The summed E-state index contributed by atoms with van der Waals surface area (Å²) in [6.07, 6.45) is 9.76. The first-order valence-electron chi connectivity index (χ1n) is 16.0. The fourth-order valence-corrected chi connectivity index (χ4v) is 6.22. The number of pyridine rings is 1. The third kappa shape index (κ3) is 10.1. The summed E-state index contributed by atoms with van der Waals surface area (Å²) in [4.78, 5) is 80.9. The number of aryl methyl sites for hydroxylation is 1. The maximum atomic E-state index is 13.4. The highest BCUT2D eigenvalue weighted by Gasteiger charge is 2.39. The van der Waals surface area contributed by atoms with E-state index < -0.39 is 40.6 Å². The molecule has 4 amide bonds. The van der Waals surface area contributed by atoms with E-state index >= 15 is 0 Å². The van der Waals surface area contributed by atoms with Gasteiger partial charge in [0.15, 0.2) is 0 Å². The number of nitrogens with one attached hydrogen (secondary N) is 4. The SMILES string of the molecule is CCCCC1CC(C)CC(CN)(NC(=O)Cn2cccc(NC(=O)C(CCC(=O)C(=O)NCC)NC(=O)c3cn(C)cn3)c2=O)C1. The Balaban J connectivity index is 1.73. The van der Waals surface area contributed by atoms with Gasteiger partial charge in [0.2, 0.25) is 17.6 Å². The van der Waals surface area contributed by atoms with Gasteiger partial charge in [-0.1, -0.05) is 33.1 Å². The monoisotopic (exact) mass is 640 g/mol. The number of hydrogen-bond acceptors (Lipinski definition) is 8. The first kappa shape index (κ1) is 36.1. The first-order valence-corrected chi connectivity index (χ1v) is 16.0. The van der Waals surface area contributed by atoms with Crippen molar-refractivity contribution in [1.82, 2.24) is 30.1 Å². The van der Waals surface area contributed by atoms with E-state index in [2.05, 4.69) is 40.1 Å². The normalized spacial score (nSPS) is 19.9. The van der Waals surface area contributed by atoms with E-state index in [-0.39, 0.29) is 43.2 Å². The Morgan fingerprint density at radius 3 is 2.59 bits per heavy atom. The van der Waals surface area contributed by atoms with E-state index in [1.807, 2.05) is 0 Å². The molecule has 6 N–H and O–H groups in total. The van der Waals surface area contributed by atoms with Crippen molar-refractivity contribution < 1.29 is 24.0 Å². The average Bonchev–Trinajstić information content (AvgIpc) is 3.45. The van der Waals surface area contributed by atoms with Gasteiger partial charge in [-0.05, 0) is 56.6 Å². The Labute approximate surface area is 269 Å². The van der Waals surface area contributed by atoms with Crippen molar-refractivity contribution in [2.24, 2.45) is 24.6 Å². The lowest BCUT2D eigenvalue weighted by Gasteiger charge is -2.44. The number of hydrogen-bond donors (Lipinski definition) is 5. The highest BCUT2D eigenvalue weighted by atomic mass is 16.2. The van der Waals surface area contributed by atoms with Crippen LogP contribution in [-0.2, 0) is 32.8 Å². The second-order valence-electron chi connectivity index (χ2n) is 12.4. The number of amides is 4. The molecule has 1 fully saturated rings. The fraction of sp³-hybridized carbons (Fsp3) is 0.594. The first-order chi connectivity index (χ1) is 21.9. The van der Waals surface area contributed by atoms with Gasteiger partial charge >= 0.3 is 0 Å². The van der Waals surface area contributed by atoms with Gasteiger partial charge in [-0.3, -0.25) is 28.8 Å². The van der Waals surface area contributed by atoms with Crippen LogP contribution in [0.1, 0.15) is 82.6 Å². The van der Waals surface area contributed by atoms with Crippen molar-refractivity contribution >= 4 is 35.1 Å². The average molecular weight is 641 g/mol. The molecule has 46 heavy (non-hydrogen) atoms. The highest BCUT2D eigenvalue weighted by Crippen LogP contribution is 2.38. The number of aromatic nitrogens is 3. The summed E-state index contributed by atoms with van der Waals surface area (Å²) < 4.78 is 2.75. The molecule has 1 saturated carbocycles. The Kier molecular flexibility index (Phi) is 13.2. The molecule has 0 spiro atoms. The summed E-state index contributed by atoms with van der Waals surface area (Å²) in [6.45, 7) is 6.28. The van der Waals surface area contributed by atoms with Crippen molar-refractivity contribution in [3.63, 3.8) is 0 Å². The Bertz CT molecular complexity index is 1450. The second-order valence-corrected chi connectivity index (χ2v) is 12.4. The fourth-order valence-electron chi connectivity index (χ4n) is 6.22. The number of carbonyl (C=O) groups excluding carboxylic acids is 5. The van der Waals surface area contributed by atoms with Crippen LogP contribution < -0.4 is 32.6 Å². The van der Waals surface area contributed by atoms with Gasteiger partial charge in [0.25, 0.3) is 17.4 Å². The number of unbranched alkanes of at least 4 members (excludes halogenated alkanes) is 1. The maximum Gasteiger partial charge on any atom is 0.287 e. The molecule has 0 saturated heterocycles. The largest absolute Gasteiger partial charge is 0.350 e. The molecule has 4 atom stereocenters. The van der Waals surface area contributed by atoms with Crippen LogP contribution in [0, 0.1) is 11.8 Å². The van der Waals surface area contributed by atoms with Crippen LogP contribution in [0.25, 0.3) is 0 Å². The molecule has 0 aliphatic heterocycles. The summed E-state index contributed by atoms with van der Waals surface area (Å²) in [5, 5.41) is 10.6. The number of Topliss-reactive ketones (excluding diaryl/α,β-unsaturated/α-hetero) is 1. The summed E-state index contributed by atoms with van der Waals surface area (Å²) in [5.74, 6) is -2.47. The number of imidazole rings is 1. The summed E-state index contributed by atoms with van der Waals surface area (Å²) >= 11 is 0. The minimum Gasteiger partial charge on any atom is -0.350 e. The second kappa shape index (κ2) is 16.8. The quantitative estimate of drug-likeness (QED) is 0.169. The highest BCUT2D eigenvalue weighted by molar-refractivity contribution is 6.36. The van der Waals surface area contributed by atoms with E-state index in [4.69, 9.17) is 5.73 Å².